The van der Waals surface area contributed by atoms with Gasteiger partial charge in [-0.25, -0.2) is 0 Å². The van der Waals surface area contributed by atoms with Gasteiger partial charge in [0.25, 0.3) is 0 Å². The molecule has 0 amide bonds. The molecule has 1 unspecified atom stereocenters. The van der Waals surface area contributed by atoms with Gasteiger partial charge in [-0.3, -0.25) is 0 Å². The van der Waals surface area contributed by atoms with Crippen LogP contribution in [0.4, 0.5) is 0 Å². The maximum atomic E-state index is 9.69. The number of halogens is 1. The van der Waals surface area contributed by atoms with Gasteiger partial charge >= 0.3 is 0 Å². The lowest BCUT2D eigenvalue weighted by Gasteiger charge is -2.12. The summed E-state index contributed by atoms with van der Waals surface area (Å²) in [6, 6.07) is 7.62. The molecule has 72 valence electrons. The minimum absolute atomic E-state index is 0.454. The van der Waals surface area contributed by atoms with Crippen molar-refractivity contribution in [1.82, 2.24) is 0 Å². The van der Waals surface area contributed by atoms with E-state index in [1.807, 2.05) is 24.3 Å². The highest BCUT2D eigenvalue weighted by Crippen LogP contribution is 2.20. The predicted octanol–water partition coefficient (Wildman–Crippen LogP) is 1.81. The number of aliphatic hydroxyl groups excluding tert-OH is 1. The molecule has 0 radical (unpaired) electrons. The summed E-state index contributed by atoms with van der Waals surface area (Å²) >= 11 is 5.55. The molecule has 0 aliphatic heterocycles. The molecule has 0 aliphatic rings. The van der Waals surface area contributed by atoms with E-state index in [0.717, 1.165) is 11.1 Å². The smallest absolute Gasteiger partial charge is 0.0804 e. The van der Waals surface area contributed by atoms with E-state index in [1.54, 1.807) is 0 Å². The van der Waals surface area contributed by atoms with E-state index in [-0.39, 0.29) is 0 Å². The summed E-state index contributed by atoms with van der Waals surface area (Å²) in [6.07, 6.45) is 0.0794. The second-order valence-corrected chi connectivity index (χ2v) is 3.27. The molecule has 0 aliphatic carbocycles. The Morgan fingerprint density at radius 3 is 2.69 bits per heavy atom. The van der Waals surface area contributed by atoms with Crippen LogP contribution in [0.1, 0.15) is 23.7 Å². The van der Waals surface area contributed by atoms with Crippen molar-refractivity contribution in [3.63, 3.8) is 0 Å². The largest absolute Gasteiger partial charge is 0.388 e. The van der Waals surface area contributed by atoms with Crippen LogP contribution in [0.5, 0.6) is 0 Å². The summed E-state index contributed by atoms with van der Waals surface area (Å²) in [7, 11) is 0. The first kappa shape index (κ1) is 10.5. The summed E-state index contributed by atoms with van der Waals surface area (Å²) in [6.45, 7) is 0.454. The zero-order chi connectivity index (χ0) is 9.68. The van der Waals surface area contributed by atoms with Gasteiger partial charge in [-0.2, -0.15) is 0 Å². The zero-order valence-corrected chi connectivity index (χ0v) is 8.17. The van der Waals surface area contributed by atoms with Crippen LogP contribution in [0.25, 0.3) is 0 Å². The maximum Gasteiger partial charge on any atom is 0.0804 e. The average Bonchev–Trinajstić information content (AvgIpc) is 2.18. The van der Waals surface area contributed by atoms with Crippen molar-refractivity contribution in [2.75, 3.05) is 5.88 Å². The molecule has 0 fully saturated rings. The van der Waals surface area contributed by atoms with Gasteiger partial charge in [0, 0.05) is 12.4 Å². The summed E-state index contributed by atoms with van der Waals surface area (Å²) in [5, 5.41) is 9.69. The molecule has 0 aromatic heterocycles. The van der Waals surface area contributed by atoms with Crippen LogP contribution in [-0.2, 0) is 6.54 Å². The molecule has 0 saturated carbocycles. The van der Waals surface area contributed by atoms with E-state index < -0.39 is 6.10 Å². The molecule has 0 heterocycles. The SMILES string of the molecule is NCc1ccccc1C(O)CCCl. The molecule has 1 rings (SSSR count). The summed E-state index contributed by atoms with van der Waals surface area (Å²) in [5.74, 6) is 0.458. The molecule has 0 bridgehead atoms. The molecule has 2 nitrogen and oxygen atoms in total. The highest BCUT2D eigenvalue weighted by Gasteiger charge is 2.09. The predicted molar refractivity (Wildman–Crippen MR) is 54.6 cm³/mol. The van der Waals surface area contributed by atoms with Gasteiger partial charge in [0.2, 0.25) is 0 Å². The fourth-order valence-electron chi connectivity index (χ4n) is 1.30. The van der Waals surface area contributed by atoms with Gasteiger partial charge in [0.15, 0.2) is 0 Å². The third kappa shape index (κ3) is 2.69. The number of aliphatic hydroxyl groups is 1. The average molecular weight is 200 g/mol. The van der Waals surface area contributed by atoms with Crippen LogP contribution in [0, 0.1) is 0 Å². The molecule has 0 saturated heterocycles. The Hall–Kier alpha value is -0.570. The van der Waals surface area contributed by atoms with Crippen LogP contribution in [-0.4, -0.2) is 11.0 Å². The van der Waals surface area contributed by atoms with Crippen molar-refractivity contribution < 1.29 is 5.11 Å². The van der Waals surface area contributed by atoms with Crippen LogP contribution < -0.4 is 5.73 Å². The number of nitrogens with two attached hydrogens (primary N) is 1. The summed E-state index contributed by atoms with van der Waals surface area (Å²) < 4.78 is 0. The van der Waals surface area contributed by atoms with Crippen LogP contribution >= 0.6 is 11.6 Å². The lowest BCUT2D eigenvalue weighted by atomic mass is 10.0. The standard InChI is InChI=1S/C10H14ClNO/c11-6-5-10(13)9-4-2-1-3-8(9)7-12/h1-4,10,13H,5-7,12H2. The Morgan fingerprint density at radius 2 is 2.08 bits per heavy atom. The third-order valence-electron chi connectivity index (χ3n) is 2.02. The Bertz CT molecular complexity index is 265. The fraction of sp³-hybridized carbons (Fsp3) is 0.400. The quantitative estimate of drug-likeness (QED) is 0.727. The van der Waals surface area contributed by atoms with E-state index >= 15 is 0 Å². The van der Waals surface area contributed by atoms with Gasteiger partial charge < -0.3 is 10.8 Å². The number of hydrogen-bond donors (Lipinski definition) is 2. The van der Waals surface area contributed by atoms with Crippen LogP contribution in [0.15, 0.2) is 24.3 Å². The Balaban J connectivity index is 2.85. The van der Waals surface area contributed by atoms with E-state index in [4.69, 9.17) is 17.3 Å². The van der Waals surface area contributed by atoms with Gasteiger partial charge in [-0.15, -0.1) is 11.6 Å². The highest BCUT2D eigenvalue weighted by molar-refractivity contribution is 6.17. The second kappa shape index (κ2) is 5.22. The first-order valence-electron chi connectivity index (χ1n) is 4.31. The Labute approximate surface area is 83.3 Å². The van der Waals surface area contributed by atoms with Crippen molar-refractivity contribution in [3.8, 4) is 0 Å². The van der Waals surface area contributed by atoms with E-state index in [2.05, 4.69) is 0 Å². The molecule has 3 heteroatoms. The van der Waals surface area contributed by atoms with Crippen molar-refractivity contribution in [3.05, 3.63) is 35.4 Å². The van der Waals surface area contributed by atoms with Crippen molar-refractivity contribution >= 4 is 11.6 Å². The number of rotatable bonds is 4. The monoisotopic (exact) mass is 199 g/mol. The van der Waals surface area contributed by atoms with Crippen molar-refractivity contribution in [2.45, 2.75) is 19.1 Å². The van der Waals surface area contributed by atoms with Gasteiger partial charge in [-0.1, -0.05) is 24.3 Å². The van der Waals surface area contributed by atoms with Crippen LogP contribution in [0.2, 0.25) is 0 Å². The molecular formula is C10H14ClNO. The molecule has 1 aromatic rings. The first-order valence-corrected chi connectivity index (χ1v) is 4.85. The van der Waals surface area contributed by atoms with Crippen molar-refractivity contribution in [1.29, 1.82) is 0 Å². The topological polar surface area (TPSA) is 46.2 Å². The fourth-order valence-corrected chi connectivity index (χ4v) is 1.51. The minimum Gasteiger partial charge on any atom is -0.388 e. The highest BCUT2D eigenvalue weighted by atomic mass is 35.5. The van der Waals surface area contributed by atoms with E-state index in [1.165, 1.54) is 0 Å². The van der Waals surface area contributed by atoms with Crippen molar-refractivity contribution in [2.24, 2.45) is 5.73 Å². The van der Waals surface area contributed by atoms with Gasteiger partial charge in [0.1, 0.15) is 0 Å². The first-order chi connectivity index (χ1) is 6.29. The molecule has 0 spiro atoms. The van der Waals surface area contributed by atoms with Gasteiger partial charge in [-0.05, 0) is 17.5 Å². The lowest BCUT2D eigenvalue weighted by Crippen LogP contribution is -2.06. The minimum atomic E-state index is -0.489. The summed E-state index contributed by atoms with van der Waals surface area (Å²) in [4.78, 5) is 0. The van der Waals surface area contributed by atoms with E-state index in [9.17, 15) is 5.11 Å². The Kier molecular flexibility index (Phi) is 4.22. The van der Waals surface area contributed by atoms with Gasteiger partial charge in [0.05, 0.1) is 6.10 Å². The van der Waals surface area contributed by atoms with E-state index in [0.29, 0.717) is 18.8 Å². The molecule has 1 atom stereocenters. The normalized spacial score (nSPS) is 12.8. The lowest BCUT2D eigenvalue weighted by molar-refractivity contribution is 0.173. The van der Waals surface area contributed by atoms with Crippen LogP contribution in [0.3, 0.4) is 0 Å². The summed E-state index contributed by atoms with van der Waals surface area (Å²) in [5.41, 5.74) is 7.42. The molecule has 13 heavy (non-hydrogen) atoms. The second-order valence-electron chi connectivity index (χ2n) is 2.90. The number of hydrogen-bond acceptors (Lipinski definition) is 2. The third-order valence-corrected chi connectivity index (χ3v) is 2.23. The molecule has 1 aromatic carbocycles. The number of alkyl halides is 1. The maximum absolute atomic E-state index is 9.69. The molecule has 3 N–H and O–H groups in total. The number of benzene rings is 1. The molecular weight excluding hydrogens is 186 g/mol. The zero-order valence-electron chi connectivity index (χ0n) is 7.41. The Morgan fingerprint density at radius 1 is 1.38 bits per heavy atom.